The Balaban J connectivity index is 1.94. The van der Waals surface area contributed by atoms with E-state index in [-0.39, 0.29) is 17.6 Å². The Hall–Kier alpha value is -1.00. The molecule has 4 heteroatoms. The molecule has 1 fully saturated rings. The molecule has 2 atom stereocenters. The Kier molecular flexibility index (Phi) is 2.87. The molecule has 1 aliphatic carbocycles. The van der Waals surface area contributed by atoms with Crippen LogP contribution in [0.5, 0.6) is 0 Å². The lowest BCUT2D eigenvalue weighted by Crippen LogP contribution is -2.31. The van der Waals surface area contributed by atoms with Gasteiger partial charge in [0.15, 0.2) is 5.82 Å². The normalized spacial score (nSPS) is 30.2. The average molecular weight is 247 g/mol. The summed E-state index contributed by atoms with van der Waals surface area (Å²) in [6, 6.07) is 0.0716. The van der Waals surface area contributed by atoms with Crippen molar-refractivity contribution in [2.75, 3.05) is 6.61 Å². The highest BCUT2D eigenvalue weighted by atomic mass is 16.5. The first-order chi connectivity index (χ1) is 8.55. The van der Waals surface area contributed by atoms with Crippen LogP contribution in [0, 0.1) is 5.41 Å². The molecule has 1 aromatic heterocycles. The standard InChI is InChI=1S/C14H21N3O/c1-14(2)6-10(15)9-8-16-13(17-11(9)7-14)12-4-3-5-18-12/h8,10,12H,3-7,15H2,1-2H3. The predicted octanol–water partition coefficient (Wildman–Crippen LogP) is 2.30. The minimum Gasteiger partial charge on any atom is -0.370 e. The molecule has 0 bridgehead atoms. The highest BCUT2D eigenvalue weighted by molar-refractivity contribution is 5.26. The quantitative estimate of drug-likeness (QED) is 0.827. The largest absolute Gasteiger partial charge is 0.370 e. The molecule has 0 spiro atoms. The van der Waals surface area contributed by atoms with Crippen LogP contribution in [0.25, 0.3) is 0 Å². The van der Waals surface area contributed by atoms with Gasteiger partial charge in [-0.2, -0.15) is 0 Å². The fourth-order valence-electron chi connectivity index (χ4n) is 3.06. The van der Waals surface area contributed by atoms with E-state index >= 15 is 0 Å². The van der Waals surface area contributed by atoms with Crippen molar-refractivity contribution >= 4 is 0 Å². The summed E-state index contributed by atoms with van der Waals surface area (Å²) in [6.45, 7) is 5.34. The summed E-state index contributed by atoms with van der Waals surface area (Å²) in [5.41, 5.74) is 8.69. The first kappa shape index (κ1) is 12.1. The van der Waals surface area contributed by atoms with Gasteiger partial charge in [0.1, 0.15) is 6.10 Å². The molecule has 0 aromatic carbocycles. The Morgan fingerprint density at radius 1 is 1.44 bits per heavy atom. The van der Waals surface area contributed by atoms with E-state index in [9.17, 15) is 0 Å². The summed E-state index contributed by atoms with van der Waals surface area (Å²) in [6.07, 6.45) is 6.14. The van der Waals surface area contributed by atoms with Crippen molar-refractivity contribution in [3.8, 4) is 0 Å². The summed E-state index contributed by atoms with van der Waals surface area (Å²) >= 11 is 0. The number of nitrogens with zero attached hydrogens (tertiary/aromatic N) is 2. The van der Waals surface area contributed by atoms with Crippen molar-refractivity contribution in [2.45, 2.75) is 51.7 Å². The molecular weight excluding hydrogens is 226 g/mol. The Labute approximate surface area is 108 Å². The molecule has 2 unspecified atom stereocenters. The fraction of sp³-hybridized carbons (Fsp3) is 0.714. The smallest absolute Gasteiger partial charge is 0.157 e. The lowest BCUT2D eigenvalue weighted by atomic mass is 9.74. The van der Waals surface area contributed by atoms with Crippen molar-refractivity contribution in [3.63, 3.8) is 0 Å². The molecular formula is C14H21N3O. The molecule has 0 radical (unpaired) electrons. The molecule has 0 saturated carbocycles. The van der Waals surface area contributed by atoms with E-state index in [1.54, 1.807) is 0 Å². The molecule has 1 aliphatic heterocycles. The van der Waals surface area contributed by atoms with E-state index in [4.69, 9.17) is 15.5 Å². The summed E-state index contributed by atoms with van der Waals surface area (Å²) in [4.78, 5) is 9.18. The molecule has 18 heavy (non-hydrogen) atoms. The first-order valence-electron chi connectivity index (χ1n) is 6.78. The van der Waals surface area contributed by atoms with E-state index in [0.717, 1.165) is 49.4 Å². The Bertz CT molecular complexity index is 452. The van der Waals surface area contributed by atoms with Gasteiger partial charge in [-0.15, -0.1) is 0 Å². The number of ether oxygens (including phenoxy) is 1. The summed E-state index contributed by atoms with van der Waals surface area (Å²) < 4.78 is 5.65. The third kappa shape index (κ3) is 2.15. The van der Waals surface area contributed by atoms with Crippen LogP contribution in [0.2, 0.25) is 0 Å². The van der Waals surface area contributed by atoms with Crippen LogP contribution in [0.15, 0.2) is 6.20 Å². The second kappa shape index (κ2) is 4.28. The van der Waals surface area contributed by atoms with Crippen molar-refractivity contribution in [1.29, 1.82) is 0 Å². The Morgan fingerprint density at radius 2 is 2.28 bits per heavy atom. The minimum atomic E-state index is 0.0716. The number of fused-ring (bicyclic) bond motifs is 1. The van der Waals surface area contributed by atoms with Crippen molar-refractivity contribution in [2.24, 2.45) is 11.1 Å². The zero-order valence-corrected chi connectivity index (χ0v) is 11.1. The second-order valence-corrected chi connectivity index (χ2v) is 6.28. The third-order valence-electron chi connectivity index (χ3n) is 3.95. The third-order valence-corrected chi connectivity index (χ3v) is 3.95. The second-order valence-electron chi connectivity index (χ2n) is 6.28. The van der Waals surface area contributed by atoms with Gasteiger partial charge in [-0.3, -0.25) is 0 Å². The highest BCUT2D eigenvalue weighted by Gasteiger charge is 2.32. The zero-order valence-electron chi connectivity index (χ0n) is 11.1. The van der Waals surface area contributed by atoms with Crippen LogP contribution < -0.4 is 5.73 Å². The highest BCUT2D eigenvalue weighted by Crippen LogP contribution is 2.39. The number of aromatic nitrogens is 2. The lowest BCUT2D eigenvalue weighted by Gasteiger charge is -2.34. The van der Waals surface area contributed by atoms with Gasteiger partial charge >= 0.3 is 0 Å². The fourth-order valence-corrected chi connectivity index (χ4v) is 3.06. The van der Waals surface area contributed by atoms with Gasteiger partial charge < -0.3 is 10.5 Å². The van der Waals surface area contributed by atoms with Gasteiger partial charge in [0, 0.05) is 30.1 Å². The van der Waals surface area contributed by atoms with Crippen LogP contribution in [-0.4, -0.2) is 16.6 Å². The maximum atomic E-state index is 6.21. The summed E-state index contributed by atoms with van der Waals surface area (Å²) in [5, 5.41) is 0. The topological polar surface area (TPSA) is 61.0 Å². The maximum absolute atomic E-state index is 6.21. The van der Waals surface area contributed by atoms with Crippen LogP contribution >= 0.6 is 0 Å². The van der Waals surface area contributed by atoms with E-state index < -0.39 is 0 Å². The van der Waals surface area contributed by atoms with Crippen LogP contribution in [0.3, 0.4) is 0 Å². The monoisotopic (exact) mass is 247 g/mol. The van der Waals surface area contributed by atoms with E-state index in [1.807, 2.05) is 6.20 Å². The summed E-state index contributed by atoms with van der Waals surface area (Å²) in [7, 11) is 0. The van der Waals surface area contributed by atoms with Gasteiger partial charge in [0.05, 0.1) is 0 Å². The van der Waals surface area contributed by atoms with E-state index in [2.05, 4.69) is 18.8 Å². The molecule has 2 heterocycles. The van der Waals surface area contributed by atoms with Gasteiger partial charge in [-0.1, -0.05) is 13.8 Å². The molecule has 2 N–H and O–H groups in total. The first-order valence-corrected chi connectivity index (χ1v) is 6.78. The van der Waals surface area contributed by atoms with E-state index in [0.29, 0.717) is 0 Å². The molecule has 2 aliphatic rings. The maximum Gasteiger partial charge on any atom is 0.157 e. The van der Waals surface area contributed by atoms with Gasteiger partial charge in [-0.05, 0) is 31.1 Å². The molecule has 3 rings (SSSR count). The van der Waals surface area contributed by atoms with Crippen LogP contribution in [-0.2, 0) is 11.2 Å². The predicted molar refractivity (Wildman–Crippen MR) is 69.0 cm³/mol. The molecule has 1 saturated heterocycles. The average Bonchev–Trinajstić information content (AvgIpc) is 2.79. The number of hydrogen-bond donors (Lipinski definition) is 1. The van der Waals surface area contributed by atoms with Crippen LogP contribution in [0.4, 0.5) is 0 Å². The van der Waals surface area contributed by atoms with Gasteiger partial charge in [0.2, 0.25) is 0 Å². The van der Waals surface area contributed by atoms with Crippen molar-refractivity contribution in [3.05, 3.63) is 23.3 Å². The number of rotatable bonds is 1. The van der Waals surface area contributed by atoms with Crippen molar-refractivity contribution < 1.29 is 4.74 Å². The SMILES string of the molecule is CC1(C)Cc2nc(C3CCCO3)ncc2C(N)C1. The molecule has 0 amide bonds. The summed E-state index contributed by atoms with van der Waals surface area (Å²) in [5.74, 6) is 0.844. The van der Waals surface area contributed by atoms with Gasteiger partial charge in [0.25, 0.3) is 0 Å². The number of nitrogens with two attached hydrogens (primary N) is 1. The number of hydrogen-bond acceptors (Lipinski definition) is 4. The Morgan fingerprint density at radius 3 is 3.00 bits per heavy atom. The zero-order chi connectivity index (χ0) is 12.8. The minimum absolute atomic E-state index is 0.0716. The van der Waals surface area contributed by atoms with Gasteiger partial charge in [-0.25, -0.2) is 9.97 Å². The molecule has 98 valence electrons. The lowest BCUT2D eigenvalue weighted by molar-refractivity contribution is 0.104. The van der Waals surface area contributed by atoms with Crippen LogP contribution in [0.1, 0.15) is 62.3 Å². The van der Waals surface area contributed by atoms with Crippen molar-refractivity contribution in [1.82, 2.24) is 9.97 Å². The molecule has 4 nitrogen and oxygen atoms in total. The molecule has 1 aromatic rings. The van der Waals surface area contributed by atoms with E-state index in [1.165, 1.54) is 0 Å².